The van der Waals surface area contributed by atoms with Crippen molar-refractivity contribution in [3.05, 3.63) is 0 Å². The summed E-state index contributed by atoms with van der Waals surface area (Å²) < 4.78 is 0. The van der Waals surface area contributed by atoms with Gasteiger partial charge < -0.3 is 5.32 Å². The summed E-state index contributed by atoms with van der Waals surface area (Å²) in [5.41, 5.74) is 0.517. The summed E-state index contributed by atoms with van der Waals surface area (Å²) in [6.45, 7) is 14.7. The highest BCUT2D eigenvalue weighted by Gasteiger charge is 2.43. The molecule has 0 aromatic rings. The first-order valence-corrected chi connectivity index (χ1v) is 9.23. The predicted octanol–water partition coefficient (Wildman–Crippen LogP) is 2.71. The first-order valence-electron chi connectivity index (χ1n) is 9.23. The summed E-state index contributed by atoms with van der Waals surface area (Å²) in [6.07, 6.45) is 6.92. The highest BCUT2D eigenvalue weighted by Crippen LogP contribution is 2.39. The van der Waals surface area contributed by atoms with Gasteiger partial charge in [0.2, 0.25) is 0 Å². The lowest BCUT2D eigenvalue weighted by molar-refractivity contribution is -0.0165. The molecule has 3 heteroatoms. The zero-order valence-corrected chi connectivity index (χ0v) is 14.6. The molecule has 0 amide bonds. The Morgan fingerprint density at radius 3 is 2.76 bits per heavy atom. The summed E-state index contributed by atoms with van der Waals surface area (Å²) >= 11 is 0. The fourth-order valence-electron chi connectivity index (χ4n) is 5.07. The number of nitrogens with one attached hydrogen (secondary N) is 1. The van der Waals surface area contributed by atoms with Gasteiger partial charge in [-0.25, -0.2) is 0 Å². The molecule has 3 fully saturated rings. The summed E-state index contributed by atoms with van der Waals surface area (Å²) in [6, 6.07) is 3.01. The van der Waals surface area contributed by atoms with E-state index in [0.717, 1.165) is 24.7 Å². The van der Waals surface area contributed by atoms with E-state index in [1.54, 1.807) is 0 Å². The van der Waals surface area contributed by atoms with Crippen LogP contribution in [-0.2, 0) is 0 Å². The molecule has 4 atom stereocenters. The second-order valence-electron chi connectivity index (χ2n) is 8.48. The molecule has 0 aromatic heterocycles. The Balaban J connectivity index is 1.74. The van der Waals surface area contributed by atoms with E-state index < -0.39 is 0 Å². The highest BCUT2D eigenvalue weighted by atomic mass is 15.3. The summed E-state index contributed by atoms with van der Waals surface area (Å²) in [7, 11) is 0. The Hall–Kier alpha value is -0.120. The lowest BCUT2D eigenvalue weighted by Gasteiger charge is -2.52. The Bertz CT molecular complexity index is 354. The van der Waals surface area contributed by atoms with Crippen molar-refractivity contribution in [1.29, 1.82) is 0 Å². The van der Waals surface area contributed by atoms with Crippen LogP contribution in [0.25, 0.3) is 0 Å². The van der Waals surface area contributed by atoms with E-state index >= 15 is 0 Å². The van der Waals surface area contributed by atoms with Crippen molar-refractivity contribution in [2.45, 2.75) is 84.0 Å². The van der Waals surface area contributed by atoms with Crippen LogP contribution in [0.5, 0.6) is 0 Å². The molecule has 2 aliphatic heterocycles. The summed E-state index contributed by atoms with van der Waals surface area (Å²) in [5, 5.41) is 3.79. The minimum atomic E-state index is 0.517. The number of fused-ring (bicyclic) bond motifs is 1. The predicted molar refractivity (Wildman–Crippen MR) is 89.6 cm³/mol. The molecule has 3 nitrogen and oxygen atoms in total. The zero-order valence-electron chi connectivity index (χ0n) is 14.6. The van der Waals surface area contributed by atoms with E-state index in [1.807, 2.05) is 0 Å². The fraction of sp³-hybridized carbons (Fsp3) is 1.00. The maximum atomic E-state index is 3.79. The number of likely N-dealkylation sites (N-methyl/N-ethyl adjacent to an activating group) is 1. The molecular formula is C18H35N3. The fourth-order valence-corrected chi connectivity index (χ4v) is 5.07. The van der Waals surface area contributed by atoms with Gasteiger partial charge in [-0.05, 0) is 57.5 Å². The molecule has 0 radical (unpaired) electrons. The van der Waals surface area contributed by atoms with Crippen LogP contribution < -0.4 is 5.32 Å². The Kier molecular flexibility index (Phi) is 4.63. The molecule has 2 saturated heterocycles. The van der Waals surface area contributed by atoms with Crippen molar-refractivity contribution < 1.29 is 0 Å². The van der Waals surface area contributed by atoms with Crippen molar-refractivity contribution >= 4 is 0 Å². The number of nitrogens with zero attached hydrogens (tertiary/aromatic N) is 2. The number of hydrogen-bond acceptors (Lipinski definition) is 3. The van der Waals surface area contributed by atoms with Crippen LogP contribution in [0.15, 0.2) is 0 Å². The molecule has 0 spiro atoms. The van der Waals surface area contributed by atoms with Crippen molar-refractivity contribution in [3.8, 4) is 0 Å². The normalized spacial score (nSPS) is 41.1. The molecule has 1 aliphatic carbocycles. The smallest absolute Gasteiger partial charge is 0.0258 e. The zero-order chi connectivity index (χ0) is 15.0. The van der Waals surface area contributed by atoms with Crippen molar-refractivity contribution in [2.75, 3.05) is 26.2 Å². The third-order valence-electron chi connectivity index (χ3n) is 6.24. The molecule has 122 valence electrons. The van der Waals surface area contributed by atoms with Gasteiger partial charge in [0.05, 0.1) is 0 Å². The molecule has 2 heterocycles. The molecular weight excluding hydrogens is 258 g/mol. The molecule has 4 unspecified atom stereocenters. The van der Waals surface area contributed by atoms with Gasteiger partial charge >= 0.3 is 0 Å². The topological polar surface area (TPSA) is 18.5 Å². The van der Waals surface area contributed by atoms with Crippen LogP contribution in [0.4, 0.5) is 0 Å². The SMILES string of the molecule is CCNC1CCC(C)(C)CC1N1CC2CCCN2CC1C. The van der Waals surface area contributed by atoms with Gasteiger partial charge in [0.15, 0.2) is 0 Å². The van der Waals surface area contributed by atoms with Gasteiger partial charge in [0, 0.05) is 37.3 Å². The van der Waals surface area contributed by atoms with Crippen LogP contribution in [0.2, 0.25) is 0 Å². The maximum Gasteiger partial charge on any atom is 0.0258 e. The van der Waals surface area contributed by atoms with Crippen LogP contribution in [0, 0.1) is 5.41 Å². The first-order chi connectivity index (χ1) is 10.00. The van der Waals surface area contributed by atoms with Gasteiger partial charge in [-0.1, -0.05) is 20.8 Å². The summed E-state index contributed by atoms with van der Waals surface area (Å²) in [5.74, 6) is 0. The molecule has 1 N–H and O–H groups in total. The Morgan fingerprint density at radius 1 is 1.19 bits per heavy atom. The third kappa shape index (κ3) is 3.30. The molecule has 3 rings (SSSR count). The van der Waals surface area contributed by atoms with Crippen LogP contribution in [0.1, 0.15) is 59.8 Å². The lowest BCUT2D eigenvalue weighted by atomic mass is 9.72. The van der Waals surface area contributed by atoms with Gasteiger partial charge in [-0.2, -0.15) is 0 Å². The van der Waals surface area contributed by atoms with Gasteiger partial charge in [-0.15, -0.1) is 0 Å². The lowest BCUT2D eigenvalue weighted by Crippen LogP contribution is -2.63. The average molecular weight is 293 g/mol. The minimum Gasteiger partial charge on any atom is -0.313 e. The van der Waals surface area contributed by atoms with Crippen molar-refractivity contribution in [3.63, 3.8) is 0 Å². The van der Waals surface area contributed by atoms with E-state index in [9.17, 15) is 0 Å². The second kappa shape index (κ2) is 6.17. The quantitative estimate of drug-likeness (QED) is 0.863. The second-order valence-corrected chi connectivity index (χ2v) is 8.48. The van der Waals surface area contributed by atoms with Crippen LogP contribution in [0.3, 0.4) is 0 Å². The largest absolute Gasteiger partial charge is 0.313 e. The number of piperazine rings is 1. The molecule has 0 bridgehead atoms. The average Bonchev–Trinajstić information content (AvgIpc) is 2.87. The third-order valence-corrected chi connectivity index (χ3v) is 6.24. The Morgan fingerprint density at radius 2 is 2.00 bits per heavy atom. The first kappa shape index (κ1) is 15.8. The molecule has 3 aliphatic rings. The van der Waals surface area contributed by atoms with Crippen LogP contribution >= 0.6 is 0 Å². The van der Waals surface area contributed by atoms with E-state index in [0.29, 0.717) is 11.5 Å². The van der Waals surface area contributed by atoms with Crippen molar-refractivity contribution in [2.24, 2.45) is 5.41 Å². The van der Waals surface area contributed by atoms with E-state index in [1.165, 1.54) is 51.7 Å². The molecule has 21 heavy (non-hydrogen) atoms. The van der Waals surface area contributed by atoms with Crippen molar-refractivity contribution in [1.82, 2.24) is 15.1 Å². The molecule has 1 saturated carbocycles. The van der Waals surface area contributed by atoms with E-state index in [4.69, 9.17) is 0 Å². The number of hydrogen-bond donors (Lipinski definition) is 1. The maximum absolute atomic E-state index is 3.79. The molecule has 0 aromatic carbocycles. The summed E-state index contributed by atoms with van der Waals surface area (Å²) in [4.78, 5) is 5.62. The van der Waals surface area contributed by atoms with Gasteiger partial charge in [0.1, 0.15) is 0 Å². The monoisotopic (exact) mass is 293 g/mol. The van der Waals surface area contributed by atoms with Gasteiger partial charge in [0.25, 0.3) is 0 Å². The van der Waals surface area contributed by atoms with Crippen LogP contribution in [-0.4, -0.2) is 60.1 Å². The highest BCUT2D eigenvalue weighted by molar-refractivity contribution is 5.00. The van der Waals surface area contributed by atoms with E-state index in [2.05, 4.69) is 42.8 Å². The van der Waals surface area contributed by atoms with E-state index in [-0.39, 0.29) is 0 Å². The Labute approximate surface area is 131 Å². The van der Waals surface area contributed by atoms with Gasteiger partial charge in [-0.3, -0.25) is 9.80 Å². The number of rotatable bonds is 3. The standard InChI is InChI=1S/C18H35N3/c1-5-19-16-8-9-18(3,4)11-17(16)21-13-15-7-6-10-20(15)12-14(21)2/h14-17,19H,5-13H2,1-4H3. The minimum absolute atomic E-state index is 0.517.